The van der Waals surface area contributed by atoms with Crippen LogP contribution < -0.4 is 4.80 Å². The molecular formula is C20H11Cl2FN4O3S. The Hall–Kier alpha value is -3.27. The van der Waals surface area contributed by atoms with Crippen molar-refractivity contribution in [2.45, 2.75) is 0 Å². The maximum absolute atomic E-state index is 14.1. The predicted molar refractivity (Wildman–Crippen MR) is 118 cm³/mol. The van der Waals surface area contributed by atoms with Crippen molar-refractivity contribution in [3.8, 4) is 11.3 Å². The number of thiazole rings is 1. The van der Waals surface area contributed by atoms with Gasteiger partial charge in [0.15, 0.2) is 5.76 Å². The van der Waals surface area contributed by atoms with Gasteiger partial charge in [0.1, 0.15) is 16.4 Å². The van der Waals surface area contributed by atoms with Gasteiger partial charge in [0.25, 0.3) is 0 Å². The quantitative estimate of drug-likeness (QED) is 0.193. The standard InChI is InChI=1S/C20H11Cl2FN4O3S/c21-12-5-7-15(22)14(9-12)18-11-31-20(25-17-4-2-1-3-16(17)23)26(18)24-10-13-6-8-19(30-13)27(28)29/h1-11H. The lowest BCUT2D eigenvalue weighted by atomic mass is 10.2. The van der Waals surface area contributed by atoms with E-state index in [9.17, 15) is 14.5 Å². The van der Waals surface area contributed by atoms with Crippen LogP contribution in [0.3, 0.4) is 0 Å². The normalized spacial score (nSPS) is 12.0. The molecule has 0 fully saturated rings. The summed E-state index contributed by atoms with van der Waals surface area (Å²) in [6.45, 7) is 0. The lowest BCUT2D eigenvalue weighted by Gasteiger charge is -2.06. The molecule has 0 atom stereocenters. The van der Waals surface area contributed by atoms with Crippen molar-refractivity contribution in [3.05, 3.63) is 96.5 Å². The molecule has 7 nitrogen and oxygen atoms in total. The third-order valence-corrected chi connectivity index (χ3v) is 5.43. The van der Waals surface area contributed by atoms with Crippen LogP contribution in [0.2, 0.25) is 10.0 Å². The maximum atomic E-state index is 14.1. The van der Waals surface area contributed by atoms with Crippen molar-refractivity contribution < 1.29 is 13.7 Å². The second kappa shape index (κ2) is 8.84. The Kier molecular flexibility index (Phi) is 5.99. The molecular weight excluding hydrogens is 466 g/mol. The SMILES string of the molecule is O=[N+]([O-])c1ccc(C=Nn2c(-c3cc(Cl)ccc3Cl)csc2=Nc2ccccc2F)o1. The number of nitrogens with zero attached hydrogens (tertiary/aromatic N) is 4. The molecule has 2 aromatic heterocycles. The molecule has 0 bridgehead atoms. The topological polar surface area (TPSA) is 85.9 Å². The summed E-state index contributed by atoms with van der Waals surface area (Å²) in [6.07, 6.45) is 1.29. The largest absolute Gasteiger partial charge is 0.433 e. The van der Waals surface area contributed by atoms with Crippen molar-refractivity contribution in [1.82, 2.24) is 4.68 Å². The Labute approximate surface area is 188 Å². The summed E-state index contributed by atoms with van der Waals surface area (Å²) >= 11 is 13.7. The third kappa shape index (κ3) is 4.58. The number of aromatic nitrogens is 1. The summed E-state index contributed by atoms with van der Waals surface area (Å²) in [7, 11) is 0. The minimum Gasteiger partial charge on any atom is -0.400 e. The number of benzene rings is 2. The Balaban J connectivity index is 1.87. The lowest BCUT2D eigenvalue weighted by molar-refractivity contribution is -0.402. The van der Waals surface area contributed by atoms with Crippen molar-refractivity contribution in [1.29, 1.82) is 0 Å². The second-order valence-electron chi connectivity index (χ2n) is 6.08. The van der Waals surface area contributed by atoms with Gasteiger partial charge in [0, 0.05) is 16.0 Å². The average molecular weight is 477 g/mol. The first-order valence-corrected chi connectivity index (χ1v) is 10.3. The van der Waals surface area contributed by atoms with Crippen molar-refractivity contribution in [2.75, 3.05) is 0 Å². The van der Waals surface area contributed by atoms with Gasteiger partial charge >= 0.3 is 5.88 Å². The summed E-state index contributed by atoms with van der Waals surface area (Å²) in [5, 5.41) is 17.8. The van der Waals surface area contributed by atoms with Crippen LogP contribution in [-0.4, -0.2) is 15.8 Å². The minimum absolute atomic E-state index is 0.130. The van der Waals surface area contributed by atoms with Gasteiger partial charge in [-0.3, -0.25) is 10.1 Å². The zero-order chi connectivity index (χ0) is 22.0. The third-order valence-electron chi connectivity index (χ3n) is 4.05. The van der Waals surface area contributed by atoms with E-state index in [-0.39, 0.29) is 11.4 Å². The molecule has 0 saturated carbocycles. The highest BCUT2D eigenvalue weighted by Crippen LogP contribution is 2.31. The highest BCUT2D eigenvalue weighted by atomic mass is 35.5. The lowest BCUT2D eigenvalue weighted by Crippen LogP contribution is -2.11. The Morgan fingerprint density at radius 1 is 1.16 bits per heavy atom. The Bertz CT molecular complexity index is 1380. The fourth-order valence-corrected chi connectivity index (χ4v) is 3.86. The fraction of sp³-hybridized carbons (Fsp3) is 0. The minimum atomic E-state index is -0.648. The van der Waals surface area contributed by atoms with E-state index in [4.69, 9.17) is 27.6 Å². The molecule has 0 saturated heterocycles. The molecule has 156 valence electrons. The van der Waals surface area contributed by atoms with E-state index < -0.39 is 16.6 Å². The number of furan rings is 1. The van der Waals surface area contributed by atoms with E-state index in [1.165, 1.54) is 46.5 Å². The van der Waals surface area contributed by atoms with E-state index in [0.717, 1.165) is 0 Å². The van der Waals surface area contributed by atoms with Gasteiger partial charge in [-0.1, -0.05) is 35.3 Å². The Morgan fingerprint density at radius 3 is 2.71 bits per heavy atom. The first-order valence-electron chi connectivity index (χ1n) is 8.66. The monoisotopic (exact) mass is 476 g/mol. The molecule has 0 N–H and O–H groups in total. The van der Waals surface area contributed by atoms with Gasteiger partial charge in [0.2, 0.25) is 4.80 Å². The molecule has 0 amide bonds. The van der Waals surface area contributed by atoms with Crippen LogP contribution in [0, 0.1) is 15.9 Å². The molecule has 4 aromatic rings. The molecule has 2 heterocycles. The highest BCUT2D eigenvalue weighted by Gasteiger charge is 2.14. The van der Waals surface area contributed by atoms with Crippen molar-refractivity contribution in [2.24, 2.45) is 10.1 Å². The van der Waals surface area contributed by atoms with Gasteiger partial charge in [-0.25, -0.2) is 14.1 Å². The zero-order valence-corrected chi connectivity index (χ0v) is 17.7. The number of nitro groups is 1. The van der Waals surface area contributed by atoms with Gasteiger partial charge in [-0.2, -0.15) is 5.10 Å². The average Bonchev–Trinajstić information content (AvgIpc) is 3.37. The van der Waals surface area contributed by atoms with E-state index >= 15 is 0 Å². The van der Waals surface area contributed by atoms with Crippen molar-refractivity contribution >= 4 is 52.3 Å². The zero-order valence-electron chi connectivity index (χ0n) is 15.4. The maximum Gasteiger partial charge on any atom is 0.433 e. The first kappa shape index (κ1) is 21.0. The number of halogens is 3. The van der Waals surface area contributed by atoms with Gasteiger partial charge < -0.3 is 4.42 Å². The molecule has 2 aromatic carbocycles. The number of hydrogen-bond donors (Lipinski definition) is 0. The summed E-state index contributed by atoms with van der Waals surface area (Å²) in [6, 6.07) is 13.7. The van der Waals surface area contributed by atoms with Crippen LogP contribution in [0.5, 0.6) is 0 Å². The van der Waals surface area contributed by atoms with Gasteiger partial charge in [-0.15, -0.1) is 11.3 Å². The van der Waals surface area contributed by atoms with Crippen molar-refractivity contribution in [3.63, 3.8) is 0 Å². The number of rotatable bonds is 5. The van der Waals surface area contributed by atoms with Crippen LogP contribution in [0.4, 0.5) is 16.0 Å². The Morgan fingerprint density at radius 2 is 1.97 bits per heavy atom. The molecule has 0 unspecified atom stereocenters. The fourth-order valence-electron chi connectivity index (χ4n) is 2.64. The van der Waals surface area contributed by atoms with E-state index in [1.807, 2.05) is 0 Å². The molecule has 0 aliphatic heterocycles. The highest BCUT2D eigenvalue weighted by molar-refractivity contribution is 7.07. The summed E-state index contributed by atoms with van der Waals surface area (Å²) in [4.78, 5) is 14.9. The van der Waals surface area contributed by atoms with E-state index in [0.29, 0.717) is 26.1 Å². The first-order chi connectivity index (χ1) is 14.9. The van der Waals surface area contributed by atoms with Crippen LogP contribution in [-0.2, 0) is 0 Å². The molecule has 0 aliphatic carbocycles. The second-order valence-corrected chi connectivity index (χ2v) is 7.76. The van der Waals surface area contributed by atoms with Crippen LogP contribution in [0.25, 0.3) is 11.3 Å². The molecule has 0 aliphatic rings. The van der Waals surface area contributed by atoms with E-state index in [1.54, 1.807) is 35.7 Å². The predicted octanol–water partition coefficient (Wildman–Crippen LogP) is 6.28. The van der Waals surface area contributed by atoms with E-state index in [2.05, 4.69) is 10.1 Å². The molecule has 11 heteroatoms. The van der Waals surface area contributed by atoms with Crippen LogP contribution in [0.15, 0.2) is 74.5 Å². The smallest absolute Gasteiger partial charge is 0.400 e. The van der Waals surface area contributed by atoms with Gasteiger partial charge in [-0.05, 0) is 36.4 Å². The summed E-state index contributed by atoms with van der Waals surface area (Å²) in [5.74, 6) is -0.744. The van der Waals surface area contributed by atoms with Gasteiger partial charge in [0.05, 0.1) is 23.0 Å². The number of para-hydroxylation sites is 1. The molecule has 4 rings (SSSR count). The van der Waals surface area contributed by atoms with Crippen LogP contribution in [0.1, 0.15) is 5.76 Å². The summed E-state index contributed by atoms with van der Waals surface area (Å²) < 4.78 is 20.7. The number of hydrogen-bond acceptors (Lipinski definition) is 6. The summed E-state index contributed by atoms with van der Waals surface area (Å²) in [5.41, 5.74) is 1.26. The van der Waals surface area contributed by atoms with Crippen LogP contribution >= 0.6 is 34.5 Å². The molecule has 0 spiro atoms. The molecule has 0 radical (unpaired) electrons. The molecule has 31 heavy (non-hydrogen) atoms.